The smallest absolute Gasteiger partial charge is 0.287 e. The minimum Gasteiger partial charge on any atom is -0.496 e. The molecule has 3 fully saturated rings. The van der Waals surface area contributed by atoms with Crippen molar-refractivity contribution < 1.29 is 13.9 Å². The van der Waals surface area contributed by atoms with Crippen LogP contribution in [0, 0.1) is 5.92 Å². The van der Waals surface area contributed by atoms with Crippen molar-refractivity contribution in [2.24, 2.45) is 5.92 Å². The van der Waals surface area contributed by atoms with E-state index in [1.807, 2.05) is 30.3 Å². The molecule has 3 aliphatic heterocycles. The van der Waals surface area contributed by atoms with Crippen molar-refractivity contribution in [1.29, 1.82) is 0 Å². The predicted octanol–water partition coefficient (Wildman–Crippen LogP) is 3.33. The number of nitrogens with zero attached hydrogens (tertiary/aromatic N) is 2. The topological polar surface area (TPSA) is 67.6 Å². The van der Waals surface area contributed by atoms with Crippen LogP contribution in [0.25, 0.3) is 22.1 Å². The number of ether oxygens (including phenoxy) is 1. The Morgan fingerprint density at radius 1 is 1.25 bits per heavy atom. The van der Waals surface area contributed by atoms with E-state index in [0.29, 0.717) is 17.3 Å². The number of benzene rings is 1. The molecule has 6 rings (SSSR count). The van der Waals surface area contributed by atoms with Crippen LogP contribution in [0.15, 0.2) is 47.1 Å². The molecule has 28 heavy (non-hydrogen) atoms. The maximum atomic E-state index is 12.9. The Kier molecular flexibility index (Phi) is 4.28. The highest BCUT2D eigenvalue weighted by Crippen LogP contribution is 2.36. The van der Waals surface area contributed by atoms with Gasteiger partial charge in [-0.2, -0.15) is 0 Å². The minimum absolute atomic E-state index is 0.140. The zero-order chi connectivity index (χ0) is 19.1. The van der Waals surface area contributed by atoms with E-state index in [9.17, 15) is 4.79 Å². The van der Waals surface area contributed by atoms with Gasteiger partial charge in [-0.25, -0.2) is 0 Å². The Bertz CT molecular complexity index is 1020. The summed E-state index contributed by atoms with van der Waals surface area (Å²) in [6, 6.07) is 9.71. The Morgan fingerprint density at radius 2 is 2.11 bits per heavy atom. The molecule has 2 bridgehead atoms. The molecule has 1 N–H and O–H groups in total. The van der Waals surface area contributed by atoms with Gasteiger partial charge in [0.25, 0.3) is 5.91 Å². The van der Waals surface area contributed by atoms with Crippen LogP contribution in [-0.2, 0) is 0 Å². The number of amides is 1. The van der Waals surface area contributed by atoms with Gasteiger partial charge in [0.15, 0.2) is 5.76 Å². The first-order valence-electron chi connectivity index (χ1n) is 9.77. The Hall–Kier alpha value is -2.86. The summed E-state index contributed by atoms with van der Waals surface area (Å²) in [7, 11) is 1.63. The van der Waals surface area contributed by atoms with Gasteiger partial charge in [-0.15, -0.1) is 0 Å². The van der Waals surface area contributed by atoms with Crippen LogP contribution in [-0.4, -0.2) is 48.6 Å². The van der Waals surface area contributed by atoms with Crippen LogP contribution >= 0.6 is 0 Å². The van der Waals surface area contributed by atoms with Crippen molar-refractivity contribution in [1.82, 2.24) is 15.2 Å². The van der Waals surface area contributed by atoms with Crippen LogP contribution in [0.2, 0.25) is 0 Å². The summed E-state index contributed by atoms with van der Waals surface area (Å²) in [5, 5.41) is 4.09. The third-order valence-corrected chi connectivity index (χ3v) is 6.03. The van der Waals surface area contributed by atoms with Crippen molar-refractivity contribution in [3.05, 3.63) is 48.5 Å². The van der Waals surface area contributed by atoms with Gasteiger partial charge in [0.05, 0.1) is 7.11 Å². The molecule has 5 heterocycles. The highest BCUT2D eigenvalue weighted by atomic mass is 16.5. The second kappa shape index (κ2) is 6.95. The number of hydrogen-bond acceptors (Lipinski definition) is 5. The maximum Gasteiger partial charge on any atom is 0.287 e. The molecular weight excluding hydrogens is 354 g/mol. The normalized spacial score (nSPS) is 23.7. The molecule has 1 atom stereocenters. The maximum absolute atomic E-state index is 12.9. The second-order valence-electron chi connectivity index (χ2n) is 7.63. The van der Waals surface area contributed by atoms with E-state index >= 15 is 0 Å². The highest BCUT2D eigenvalue weighted by Gasteiger charge is 2.35. The van der Waals surface area contributed by atoms with Gasteiger partial charge in [0.1, 0.15) is 11.3 Å². The van der Waals surface area contributed by atoms with E-state index in [-0.39, 0.29) is 11.9 Å². The van der Waals surface area contributed by atoms with E-state index in [0.717, 1.165) is 54.7 Å². The average molecular weight is 377 g/mol. The number of pyridine rings is 1. The van der Waals surface area contributed by atoms with Gasteiger partial charge in [-0.05, 0) is 44.0 Å². The lowest BCUT2D eigenvalue weighted by molar-refractivity contribution is 0.0607. The number of carbonyl (C=O) groups excluding carboxylic acids is 1. The Morgan fingerprint density at radius 3 is 2.86 bits per heavy atom. The van der Waals surface area contributed by atoms with Gasteiger partial charge < -0.3 is 19.4 Å². The number of methoxy groups -OCH3 is 1. The van der Waals surface area contributed by atoms with Crippen LogP contribution in [0.4, 0.5) is 0 Å². The van der Waals surface area contributed by atoms with Crippen molar-refractivity contribution in [3.8, 4) is 16.9 Å². The Balaban J connectivity index is 1.46. The molecule has 3 saturated heterocycles. The molecule has 3 aliphatic rings. The molecule has 0 aliphatic carbocycles. The zero-order valence-electron chi connectivity index (χ0n) is 15.9. The van der Waals surface area contributed by atoms with E-state index in [1.165, 1.54) is 0 Å². The molecule has 6 nitrogen and oxygen atoms in total. The zero-order valence-corrected chi connectivity index (χ0v) is 15.9. The fourth-order valence-corrected chi connectivity index (χ4v) is 4.52. The minimum atomic E-state index is -0.140. The van der Waals surface area contributed by atoms with Crippen LogP contribution in [0.1, 0.15) is 23.4 Å². The number of furan rings is 1. The summed E-state index contributed by atoms with van der Waals surface area (Å²) in [5.74, 6) is 1.51. The van der Waals surface area contributed by atoms with Crippen molar-refractivity contribution in [2.45, 2.75) is 18.9 Å². The largest absolute Gasteiger partial charge is 0.496 e. The molecule has 3 aromatic rings. The fourth-order valence-electron chi connectivity index (χ4n) is 4.52. The van der Waals surface area contributed by atoms with Gasteiger partial charge >= 0.3 is 0 Å². The summed E-state index contributed by atoms with van der Waals surface area (Å²) in [6.07, 6.45) is 5.77. The molecular formula is C22H23N3O3. The van der Waals surface area contributed by atoms with E-state index in [2.05, 4.69) is 15.2 Å². The summed E-state index contributed by atoms with van der Waals surface area (Å²) < 4.78 is 11.5. The third kappa shape index (κ3) is 2.94. The molecule has 2 aromatic heterocycles. The lowest BCUT2D eigenvalue weighted by Gasteiger charge is -2.44. The number of nitrogens with one attached hydrogen (secondary N) is 1. The lowest BCUT2D eigenvalue weighted by Crippen LogP contribution is -2.57. The van der Waals surface area contributed by atoms with Gasteiger partial charge in [-0.3, -0.25) is 9.78 Å². The molecule has 0 spiro atoms. The first kappa shape index (κ1) is 17.3. The van der Waals surface area contributed by atoms with Crippen molar-refractivity contribution >= 4 is 16.9 Å². The number of hydrogen-bond donors (Lipinski definition) is 1. The van der Waals surface area contributed by atoms with Gasteiger partial charge in [-0.1, -0.05) is 18.2 Å². The number of carbonyl (C=O) groups is 1. The van der Waals surface area contributed by atoms with Gasteiger partial charge in [0, 0.05) is 41.5 Å². The summed E-state index contributed by atoms with van der Waals surface area (Å²) in [4.78, 5) is 19.5. The highest BCUT2D eigenvalue weighted by molar-refractivity contribution is 6.00. The molecule has 1 amide bonds. The summed E-state index contributed by atoms with van der Waals surface area (Å²) in [6.45, 7) is 3.24. The number of fused-ring (bicyclic) bond motifs is 4. The summed E-state index contributed by atoms with van der Waals surface area (Å²) >= 11 is 0. The number of piperidine rings is 3. The third-order valence-electron chi connectivity index (χ3n) is 6.03. The van der Waals surface area contributed by atoms with E-state index in [1.54, 1.807) is 19.5 Å². The quantitative estimate of drug-likeness (QED) is 0.755. The standard InChI is InChI=1S/C22H23N3O3/c1-27-19-5-8-23-12-17(19)16-4-2-3-15-11-20(28-21(15)16)22(26)24-18-13-25-9-6-14(18)7-10-25/h2-5,8,11-12,14,18H,6-7,9-10,13H2,1H3,(H,24,26)/t18-/m0/s1. The Labute approximate surface area is 163 Å². The first-order chi connectivity index (χ1) is 13.7. The second-order valence-corrected chi connectivity index (χ2v) is 7.63. The molecule has 6 heteroatoms. The lowest BCUT2D eigenvalue weighted by atomic mass is 9.84. The van der Waals surface area contributed by atoms with Gasteiger partial charge in [0.2, 0.25) is 0 Å². The molecule has 0 unspecified atom stereocenters. The first-order valence-corrected chi connectivity index (χ1v) is 9.77. The number of rotatable bonds is 4. The number of aromatic nitrogens is 1. The average Bonchev–Trinajstić information content (AvgIpc) is 3.19. The summed E-state index contributed by atoms with van der Waals surface area (Å²) in [5.41, 5.74) is 2.38. The fraction of sp³-hybridized carbons (Fsp3) is 0.364. The van der Waals surface area contributed by atoms with E-state index < -0.39 is 0 Å². The SMILES string of the molecule is COc1ccncc1-c1cccc2cc(C(=O)N[C@H]3CN4CCC3CC4)oc12. The van der Waals surface area contributed by atoms with Crippen LogP contribution in [0.5, 0.6) is 5.75 Å². The van der Waals surface area contributed by atoms with Crippen LogP contribution < -0.4 is 10.1 Å². The van der Waals surface area contributed by atoms with Crippen molar-refractivity contribution in [2.75, 3.05) is 26.7 Å². The molecule has 0 saturated carbocycles. The van der Waals surface area contributed by atoms with Crippen molar-refractivity contribution in [3.63, 3.8) is 0 Å². The number of para-hydroxylation sites is 1. The van der Waals surface area contributed by atoms with Crippen LogP contribution in [0.3, 0.4) is 0 Å². The molecule has 1 aromatic carbocycles. The predicted molar refractivity (Wildman–Crippen MR) is 106 cm³/mol. The van der Waals surface area contributed by atoms with E-state index in [4.69, 9.17) is 9.15 Å². The molecule has 144 valence electrons. The molecule has 0 radical (unpaired) electrons. The monoisotopic (exact) mass is 377 g/mol.